The zero-order valence-electron chi connectivity index (χ0n) is 11.5. The van der Waals surface area contributed by atoms with Gasteiger partial charge in [0.15, 0.2) is 0 Å². The maximum absolute atomic E-state index is 6.00. The fourth-order valence-electron chi connectivity index (χ4n) is 2.21. The van der Waals surface area contributed by atoms with E-state index in [0.29, 0.717) is 6.61 Å². The number of ether oxygens (including phenoxy) is 1. The summed E-state index contributed by atoms with van der Waals surface area (Å²) in [5.41, 5.74) is 4.10. The molecular formula is C19H14OS. The van der Waals surface area contributed by atoms with Crippen LogP contribution in [0, 0.1) is 12.3 Å². The first kappa shape index (κ1) is 13.5. The van der Waals surface area contributed by atoms with Crippen molar-refractivity contribution in [3.63, 3.8) is 0 Å². The lowest BCUT2D eigenvalue weighted by Gasteiger charge is -2.12. The number of terminal acetylenes is 1. The van der Waals surface area contributed by atoms with Gasteiger partial charge in [0, 0.05) is 11.1 Å². The zero-order valence-corrected chi connectivity index (χ0v) is 12.3. The summed E-state index contributed by atoms with van der Waals surface area (Å²) >= 11 is 1.65. The summed E-state index contributed by atoms with van der Waals surface area (Å²) < 4.78 is 6.00. The Balaban J connectivity index is 1.94. The average molecular weight is 290 g/mol. The number of hydrogen-bond donors (Lipinski definition) is 0. The molecule has 0 aliphatic heterocycles. The van der Waals surface area contributed by atoms with Gasteiger partial charge in [0.2, 0.25) is 0 Å². The van der Waals surface area contributed by atoms with Crippen LogP contribution in [0.15, 0.2) is 65.4 Å². The summed E-state index contributed by atoms with van der Waals surface area (Å²) in [6.07, 6.45) is 5.63. The molecule has 0 saturated carbocycles. The van der Waals surface area contributed by atoms with Crippen molar-refractivity contribution < 1.29 is 4.74 Å². The molecule has 21 heavy (non-hydrogen) atoms. The largest absolute Gasteiger partial charge is 0.488 e. The summed E-state index contributed by atoms with van der Waals surface area (Å²) in [7, 11) is 0. The average Bonchev–Trinajstić information content (AvgIpc) is 3.07. The van der Waals surface area contributed by atoms with E-state index in [2.05, 4.69) is 29.5 Å². The molecule has 0 saturated heterocycles. The van der Waals surface area contributed by atoms with Crippen LogP contribution >= 0.6 is 11.3 Å². The van der Waals surface area contributed by atoms with Gasteiger partial charge < -0.3 is 4.74 Å². The first-order valence-corrected chi connectivity index (χ1v) is 7.61. The van der Waals surface area contributed by atoms with Crippen molar-refractivity contribution in [2.45, 2.75) is 6.61 Å². The molecule has 1 heterocycles. The van der Waals surface area contributed by atoms with Crippen LogP contribution in [0.5, 0.6) is 5.75 Å². The van der Waals surface area contributed by atoms with Gasteiger partial charge in [-0.2, -0.15) is 11.3 Å². The Kier molecular flexibility index (Phi) is 4.04. The monoisotopic (exact) mass is 290 g/mol. The van der Waals surface area contributed by atoms with Crippen molar-refractivity contribution >= 4 is 11.3 Å². The lowest BCUT2D eigenvalue weighted by molar-refractivity contribution is 0.307. The second-order valence-electron chi connectivity index (χ2n) is 4.61. The van der Waals surface area contributed by atoms with Crippen LogP contribution in [0.4, 0.5) is 0 Å². The van der Waals surface area contributed by atoms with E-state index in [1.807, 2.05) is 41.8 Å². The third kappa shape index (κ3) is 2.99. The summed E-state index contributed by atoms with van der Waals surface area (Å²) in [6, 6.07) is 18.0. The van der Waals surface area contributed by atoms with Crippen molar-refractivity contribution in [1.82, 2.24) is 0 Å². The van der Waals surface area contributed by atoms with Gasteiger partial charge in [-0.1, -0.05) is 42.3 Å². The molecule has 102 valence electrons. The van der Waals surface area contributed by atoms with E-state index in [1.54, 1.807) is 11.3 Å². The molecule has 0 fully saturated rings. The predicted octanol–water partition coefficient (Wildman–Crippen LogP) is 4.98. The third-order valence-corrected chi connectivity index (χ3v) is 3.91. The molecule has 2 heteroatoms. The molecule has 1 aromatic heterocycles. The van der Waals surface area contributed by atoms with Crippen LogP contribution in [-0.4, -0.2) is 0 Å². The maximum atomic E-state index is 6.00. The quantitative estimate of drug-likeness (QED) is 0.616. The summed E-state index contributed by atoms with van der Waals surface area (Å²) in [6.45, 7) is 0.534. The van der Waals surface area contributed by atoms with Crippen LogP contribution in [0.25, 0.3) is 11.1 Å². The minimum atomic E-state index is 0.534. The van der Waals surface area contributed by atoms with E-state index in [9.17, 15) is 0 Å². The molecule has 0 aliphatic rings. The van der Waals surface area contributed by atoms with E-state index >= 15 is 0 Å². The van der Waals surface area contributed by atoms with Crippen LogP contribution in [0.1, 0.15) is 11.1 Å². The molecule has 3 aromatic rings. The Labute approximate surface area is 128 Å². The minimum Gasteiger partial charge on any atom is -0.488 e. The molecule has 0 radical (unpaired) electrons. The summed E-state index contributed by atoms with van der Waals surface area (Å²) in [5, 5.41) is 4.13. The van der Waals surface area contributed by atoms with Gasteiger partial charge in [-0.3, -0.25) is 0 Å². The van der Waals surface area contributed by atoms with Gasteiger partial charge in [0.25, 0.3) is 0 Å². The Morgan fingerprint density at radius 3 is 2.57 bits per heavy atom. The summed E-state index contributed by atoms with van der Waals surface area (Å²) in [5.74, 6) is 3.57. The molecule has 3 rings (SSSR count). The van der Waals surface area contributed by atoms with E-state index in [0.717, 1.165) is 28.0 Å². The zero-order chi connectivity index (χ0) is 14.5. The topological polar surface area (TPSA) is 9.23 Å². The first-order chi connectivity index (χ1) is 10.4. The number of benzene rings is 2. The molecule has 0 aliphatic carbocycles. The lowest BCUT2D eigenvalue weighted by Crippen LogP contribution is -1.97. The van der Waals surface area contributed by atoms with Crippen molar-refractivity contribution in [2.24, 2.45) is 0 Å². The molecule has 0 N–H and O–H groups in total. The van der Waals surface area contributed by atoms with Gasteiger partial charge in [-0.15, -0.1) is 6.42 Å². The van der Waals surface area contributed by atoms with Crippen molar-refractivity contribution in [2.75, 3.05) is 0 Å². The highest BCUT2D eigenvalue weighted by Gasteiger charge is 2.11. The highest BCUT2D eigenvalue weighted by molar-refractivity contribution is 7.08. The van der Waals surface area contributed by atoms with Crippen LogP contribution in [0.2, 0.25) is 0 Å². The standard InChI is InChI=1S/C19H14OS/c1-2-16-9-6-10-18(19(16)17-11-12-21-14-17)20-13-15-7-4-3-5-8-15/h1,3-12,14H,13H2. The highest BCUT2D eigenvalue weighted by atomic mass is 32.1. The fraction of sp³-hybridized carbons (Fsp3) is 0.0526. The molecule has 0 spiro atoms. The van der Waals surface area contributed by atoms with Gasteiger partial charge in [-0.05, 0) is 40.1 Å². The number of hydrogen-bond acceptors (Lipinski definition) is 2. The molecule has 0 unspecified atom stereocenters. The number of rotatable bonds is 4. The van der Waals surface area contributed by atoms with E-state index in [1.165, 1.54) is 0 Å². The van der Waals surface area contributed by atoms with Crippen molar-refractivity contribution in [3.05, 3.63) is 76.5 Å². The Hall–Kier alpha value is -2.50. The van der Waals surface area contributed by atoms with Crippen molar-refractivity contribution in [1.29, 1.82) is 0 Å². The first-order valence-electron chi connectivity index (χ1n) is 6.67. The fourth-order valence-corrected chi connectivity index (χ4v) is 2.86. The maximum Gasteiger partial charge on any atom is 0.128 e. The van der Waals surface area contributed by atoms with Crippen LogP contribution in [-0.2, 0) is 6.61 Å². The lowest BCUT2D eigenvalue weighted by atomic mass is 10.0. The third-order valence-electron chi connectivity index (χ3n) is 3.23. The van der Waals surface area contributed by atoms with E-state index < -0.39 is 0 Å². The molecule has 0 bridgehead atoms. The Bertz CT molecular complexity index is 752. The highest BCUT2D eigenvalue weighted by Crippen LogP contribution is 2.34. The van der Waals surface area contributed by atoms with Gasteiger partial charge in [0.05, 0.1) is 0 Å². The van der Waals surface area contributed by atoms with E-state index in [-0.39, 0.29) is 0 Å². The number of thiophene rings is 1. The second-order valence-corrected chi connectivity index (χ2v) is 5.39. The Morgan fingerprint density at radius 2 is 1.86 bits per heavy atom. The molecule has 0 atom stereocenters. The molecule has 1 nitrogen and oxygen atoms in total. The van der Waals surface area contributed by atoms with Crippen LogP contribution < -0.4 is 4.74 Å². The minimum absolute atomic E-state index is 0.534. The Morgan fingerprint density at radius 1 is 1.00 bits per heavy atom. The van der Waals surface area contributed by atoms with Gasteiger partial charge >= 0.3 is 0 Å². The second kappa shape index (κ2) is 6.30. The van der Waals surface area contributed by atoms with Crippen LogP contribution in [0.3, 0.4) is 0 Å². The van der Waals surface area contributed by atoms with E-state index in [4.69, 9.17) is 11.2 Å². The summed E-state index contributed by atoms with van der Waals surface area (Å²) in [4.78, 5) is 0. The molecule has 2 aromatic carbocycles. The smallest absolute Gasteiger partial charge is 0.128 e. The normalized spacial score (nSPS) is 10.0. The molecular weight excluding hydrogens is 276 g/mol. The predicted molar refractivity (Wildman–Crippen MR) is 88.5 cm³/mol. The van der Waals surface area contributed by atoms with Crippen molar-refractivity contribution in [3.8, 4) is 29.2 Å². The SMILES string of the molecule is C#Cc1cccc(OCc2ccccc2)c1-c1ccsc1. The molecule has 0 amide bonds. The van der Waals surface area contributed by atoms with Gasteiger partial charge in [0.1, 0.15) is 12.4 Å². The van der Waals surface area contributed by atoms with Gasteiger partial charge in [-0.25, -0.2) is 0 Å².